The Morgan fingerprint density at radius 3 is 2.70 bits per heavy atom. The highest BCUT2D eigenvalue weighted by atomic mass is 32.2. The van der Waals surface area contributed by atoms with Crippen LogP contribution in [-0.2, 0) is 35.5 Å². The van der Waals surface area contributed by atoms with Crippen molar-refractivity contribution in [3.63, 3.8) is 0 Å². The summed E-state index contributed by atoms with van der Waals surface area (Å²) >= 11 is 0. The third-order valence-electron chi connectivity index (χ3n) is 3.47. The van der Waals surface area contributed by atoms with Gasteiger partial charge in [0.15, 0.2) is 0 Å². The van der Waals surface area contributed by atoms with Gasteiger partial charge in [0.25, 0.3) is 10.1 Å². The van der Waals surface area contributed by atoms with E-state index in [9.17, 15) is 16.8 Å². The lowest BCUT2D eigenvalue weighted by Crippen LogP contribution is -2.24. The van der Waals surface area contributed by atoms with Crippen molar-refractivity contribution in [2.45, 2.75) is 30.8 Å². The van der Waals surface area contributed by atoms with Gasteiger partial charge in [0.05, 0.1) is 30.5 Å². The minimum Gasteiger partial charge on any atom is -0.373 e. The molecule has 0 fully saturated rings. The highest BCUT2D eigenvalue weighted by molar-refractivity contribution is 7.89. The fourth-order valence-corrected chi connectivity index (χ4v) is 3.99. The Bertz CT molecular complexity index is 757. The molecule has 130 valence electrons. The number of nitrogens with one attached hydrogen (secondary N) is 1. The fraction of sp³-hybridized carbons (Fsp3) is 0.571. The van der Waals surface area contributed by atoms with Crippen LogP contribution in [0.2, 0.25) is 0 Å². The molecule has 0 spiro atoms. The number of hydrogen-bond acceptors (Lipinski definition) is 6. The van der Waals surface area contributed by atoms with Crippen molar-refractivity contribution in [2.24, 2.45) is 0 Å². The number of rotatable bonds is 7. The summed E-state index contributed by atoms with van der Waals surface area (Å²) in [7, 11) is -6.97. The molecule has 0 radical (unpaired) electrons. The summed E-state index contributed by atoms with van der Waals surface area (Å²) in [5.41, 5.74) is 1.78. The highest BCUT2D eigenvalue weighted by Crippen LogP contribution is 2.31. The zero-order valence-corrected chi connectivity index (χ0v) is 14.7. The number of fused-ring (bicyclic) bond motifs is 1. The van der Waals surface area contributed by atoms with E-state index >= 15 is 0 Å². The summed E-state index contributed by atoms with van der Waals surface area (Å²) in [6.07, 6.45) is 1.71. The van der Waals surface area contributed by atoms with Crippen LogP contribution < -0.4 is 4.72 Å². The van der Waals surface area contributed by atoms with E-state index in [1.807, 2.05) is 0 Å². The quantitative estimate of drug-likeness (QED) is 0.725. The molecule has 1 aromatic carbocycles. The third-order valence-corrected chi connectivity index (χ3v) is 5.61. The molecule has 0 saturated heterocycles. The zero-order valence-electron chi connectivity index (χ0n) is 13.1. The van der Waals surface area contributed by atoms with Gasteiger partial charge in [-0.15, -0.1) is 0 Å². The van der Waals surface area contributed by atoms with E-state index in [4.69, 9.17) is 8.92 Å². The van der Waals surface area contributed by atoms with Crippen molar-refractivity contribution >= 4 is 20.1 Å². The summed E-state index contributed by atoms with van der Waals surface area (Å²) < 4.78 is 59.0. The average Bonchev–Trinajstić information content (AvgIpc) is 2.45. The second-order valence-corrected chi connectivity index (χ2v) is 8.70. The van der Waals surface area contributed by atoms with Gasteiger partial charge in [-0.05, 0) is 29.7 Å². The topological polar surface area (TPSA) is 98.8 Å². The number of benzene rings is 1. The molecule has 23 heavy (non-hydrogen) atoms. The summed E-state index contributed by atoms with van der Waals surface area (Å²) in [5, 5.41) is 0. The van der Waals surface area contributed by atoms with Crippen molar-refractivity contribution in [1.82, 2.24) is 4.72 Å². The maximum Gasteiger partial charge on any atom is 0.264 e. The van der Waals surface area contributed by atoms with E-state index in [1.54, 1.807) is 19.1 Å². The van der Waals surface area contributed by atoms with Crippen LogP contribution in [0.1, 0.15) is 30.6 Å². The maximum absolute atomic E-state index is 12.1. The molecule has 0 aliphatic carbocycles. The molecule has 2 rings (SSSR count). The van der Waals surface area contributed by atoms with E-state index in [1.165, 1.54) is 6.07 Å². The Balaban J connectivity index is 2.17. The van der Waals surface area contributed by atoms with Crippen molar-refractivity contribution in [1.29, 1.82) is 0 Å². The van der Waals surface area contributed by atoms with Crippen molar-refractivity contribution < 1.29 is 25.8 Å². The molecule has 0 bridgehead atoms. The van der Waals surface area contributed by atoms with Gasteiger partial charge in [0.2, 0.25) is 10.0 Å². The summed E-state index contributed by atoms with van der Waals surface area (Å²) in [6.45, 7) is 2.54. The normalized spacial score (nSPS) is 18.6. The van der Waals surface area contributed by atoms with Gasteiger partial charge in [-0.25, -0.2) is 13.1 Å². The smallest absolute Gasteiger partial charge is 0.264 e. The van der Waals surface area contributed by atoms with E-state index in [-0.39, 0.29) is 17.6 Å². The first-order chi connectivity index (χ1) is 10.7. The first-order valence-corrected chi connectivity index (χ1v) is 10.6. The minimum absolute atomic E-state index is 0.0282. The number of sulfonamides is 1. The Morgan fingerprint density at radius 2 is 2.04 bits per heavy atom. The Labute approximate surface area is 137 Å². The molecule has 0 aromatic heterocycles. The van der Waals surface area contributed by atoms with Gasteiger partial charge < -0.3 is 4.74 Å². The molecule has 0 unspecified atom stereocenters. The Morgan fingerprint density at radius 1 is 1.30 bits per heavy atom. The average molecular weight is 363 g/mol. The van der Waals surface area contributed by atoms with E-state index in [0.29, 0.717) is 26.0 Å². The van der Waals surface area contributed by atoms with Crippen LogP contribution >= 0.6 is 0 Å². The number of ether oxygens (including phenoxy) is 1. The Kier molecular flexibility index (Phi) is 5.79. The first kappa shape index (κ1) is 18.3. The third kappa shape index (κ3) is 4.98. The van der Waals surface area contributed by atoms with Crippen LogP contribution in [-0.4, -0.2) is 42.8 Å². The van der Waals surface area contributed by atoms with Gasteiger partial charge in [-0.1, -0.05) is 13.0 Å². The molecule has 1 aliphatic heterocycles. The Hall–Kier alpha value is -1.00. The maximum atomic E-state index is 12.1. The molecule has 1 atom stereocenters. The molecule has 7 nitrogen and oxygen atoms in total. The van der Waals surface area contributed by atoms with Crippen molar-refractivity contribution in [3.05, 3.63) is 29.3 Å². The lowest BCUT2D eigenvalue weighted by Gasteiger charge is -2.26. The zero-order chi connectivity index (χ0) is 17.1. The van der Waals surface area contributed by atoms with Crippen LogP contribution in [0.25, 0.3) is 0 Å². The standard InChI is InChI=1S/C14H21NO6S2/c1-3-15-23(18,19)12-4-5-13-11(10-12)6-8-20-14(13)7-9-21-22(2,16)17/h4-5,10,14-15H,3,6-9H2,1-2H3/t14-/m0/s1. The van der Waals surface area contributed by atoms with Crippen LogP contribution in [0.4, 0.5) is 0 Å². The molecule has 1 aromatic rings. The van der Waals surface area contributed by atoms with Crippen LogP contribution in [0, 0.1) is 0 Å². The molecular formula is C14H21NO6S2. The summed E-state index contributed by atoms with van der Waals surface area (Å²) in [5.74, 6) is 0. The van der Waals surface area contributed by atoms with Gasteiger partial charge in [-0.2, -0.15) is 8.42 Å². The monoisotopic (exact) mass is 363 g/mol. The SMILES string of the molecule is CCNS(=O)(=O)c1ccc2c(c1)CCO[C@H]2CCOS(C)(=O)=O. The number of hydrogen-bond donors (Lipinski definition) is 1. The second-order valence-electron chi connectivity index (χ2n) is 5.29. The van der Waals surface area contributed by atoms with Crippen molar-refractivity contribution in [2.75, 3.05) is 26.0 Å². The molecular weight excluding hydrogens is 342 g/mol. The van der Waals surface area contributed by atoms with Gasteiger partial charge in [-0.3, -0.25) is 4.18 Å². The van der Waals surface area contributed by atoms with E-state index < -0.39 is 20.1 Å². The van der Waals surface area contributed by atoms with Crippen LogP contribution in [0.15, 0.2) is 23.1 Å². The van der Waals surface area contributed by atoms with Gasteiger partial charge >= 0.3 is 0 Å². The predicted molar refractivity (Wildman–Crippen MR) is 85.1 cm³/mol. The van der Waals surface area contributed by atoms with Gasteiger partial charge in [0.1, 0.15) is 0 Å². The minimum atomic E-state index is -3.49. The molecule has 1 N–H and O–H groups in total. The lowest BCUT2D eigenvalue weighted by molar-refractivity contribution is 0.0282. The predicted octanol–water partition coefficient (Wildman–Crippen LogP) is 0.965. The van der Waals surface area contributed by atoms with Crippen LogP contribution in [0.3, 0.4) is 0 Å². The summed E-state index contributed by atoms with van der Waals surface area (Å²) in [4.78, 5) is 0.228. The molecule has 0 amide bonds. The fourth-order valence-electron chi connectivity index (χ4n) is 2.50. The molecule has 9 heteroatoms. The molecule has 1 heterocycles. The highest BCUT2D eigenvalue weighted by Gasteiger charge is 2.23. The van der Waals surface area contributed by atoms with Crippen LogP contribution in [0.5, 0.6) is 0 Å². The van der Waals surface area contributed by atoms with Gasteiger partial charge in [0, 0.05) is 13.0 Å². The second kappa shape index (κ2) is 7.27. The van der Waals surface area contributed by atoms with Crippen molar-refractivity contribution in [3.8, 4) is 0 Å². The summed E-state index contributed by atoms with van der Waals surface area (Å²) in [6, 6.07) is 4.92. The molecule has 1 aliphatic rings. The largest absolute Gasteiger partial charge is 0.373 e. The first-order valence-electron chi connectivity index (χ1n) is 7.31. The van der Waals surface area contributed by atoms with E-state index in [2.05, 4.69) is 4.72 Å². The molecule has 0 saturated carbocycles. The lowest BCUT2D eigenvalue weighted by atomic mass is 9.96. The van der Waals surface area contributed by atoms with E-state index in [0.717, 1.165) is 17.4 Å².